The van der Waals surface area contributed by atoms with E-state index in [1.54, 1.807) is 12.4 Å². The molecule has 0 unspecified atom stereocenters. The summed E-state index contributed by atoms with van der Waals surface area (Å²) in [6.45, 7) is 0. The Hall–Kier alpha value is -7.88. The molecule has 12 rings (SSSR count). The van der Waals surface area contributed by atoms with Crippen LogP contribution in [0.1, 0.15) is 0 Å². The van der Waals surface area contributed by atoms with Gasteiger partial charge in [-0.05, 0) is 115 Å². The smallest absolute Gasteiger partial charge is 0.0971 e. The lowest BCUT2D eigenvalue weighted by molar-refractivity contribution is 1.18. The van der Waals surface area contributed by atoms with E-state index in [4.69, 9.17) is 9.97 Å². The molecule has 0 saturated carbocycles. The first-order valence-corrected chi connectivity index (χ1v) is 20.1. The molecule has 3 nitrogen and oxygen atoms in total. The minimum absolute atomic E-state index is 0.932. The van der Waals surface area contributed by atoms with Crippen LogP contribution in [0.25, 0.3) is 115 Å². The Morgan fingerprint density at radius 3 is 1.44 bits per heavy atom. The average molecular weight is 750 g/mol. The van der Waals surface area contributed by atoms with Crippen molar-refractivity contribution in [2.45, 2.75) is 0 Å². The van der Waals surface area contributed by atoms with Gasteiger partial charge in [-0.2, -0.15) is 0 Å². The van der Waals surface area contributed by atoms with Crippen molar-refractivity contribution >= 4 is 65.2 Å². The number of fused-ring (bicyclic) bond motifs is 10. The first-order valence-electron chi connectivity index (χ1n) is 20.1. The quantitative estimate of drug-likeness (QED) is 0.164. The summed E-state index contributed by atoms with van der Waals surface area (Å²) in [5, 5.41) is 9.60. The number of hydrogen-bond acceptors (Lipinski definition) is 2. The van der Waals surface area contributed by atoms with Gasteiger partial charge in [-0.1, -0.05) is 152 Å². The maximum atomic E-state index is 4.82. The molecule has 0 saturated heterocycles. The van der Waals surface area contributed by atoms with Crippen LogP contribution in [0.4, 0.5) is 0 Å². The standard InChI is InChI=1S/C56H35N3/c1-2-16-42(17-3-1)59-53-25-7-6-19-49(53)51-34-39(27-29-54(51)59)37-13-9-15-41(33-37)44-22-11-23-45-43(21-10-24-46(44)45)40-14-8-12-36(32-40)38-26-28-48-47-18-4-5-20-50(47)55-56(52(48)35-38)58-31-30-57-55/h1-35H. The molecule has 0 aliphatic carbocycles. The van der Waals surface area contributed by atoms with E-state index in [1.807, 2.05) is 0 Å². The highest BCUT2D eigenvalue weighted by Gasteiger charge is 2.16. The largest absolute Gasteiger partial charge is 0.309 e. The SMILES string of the molecule is c1ccc(-n2c3ccccc3c3cc(-c4cccc(-c5cccc6c(-c7cccc(-c8ccc9c%10ccccc%10c%10nccnc%10c9c8)c7)cccc56)c4)ccc32)cc1. The van der Waals surface area contributed by atoms with Gasteiger partial charge in [-0.3, -0.25) is 9.97 Å². The molecule has 12 aromatic rings. The lowest BCUT2D eigenvalue weighted by Gasteiger charge is -2.14. The van der Waals surface area contributed by atoms with E-state index in [-0.39, 0.29) is 0 Å². The average Bonchev–Trinajstić information content (AvgIpc) is 3.65. The molecule has 2 heterocycles. The van der Waals surface area contributed by atoms with Crippen LogP contribution in [0.5, 0.6) is 0 Å². The lowest BCUT2D eigenvalue weighted by atomic mass is 9.90. The molecular formula is C56H35N3. The van der Waals surface area contributed by atoms with Crippen LogP contribution in [0.2, 0.25) is 0 Å². The summed E-state index contributed by atoms with van der Waals surface area (Å²) in [6, 6.07) is 72.9. The highest BCUT2D eigenvalue weighted by Crippen LogP contribution is 2.40. The maximum absolute atomic E-state index is 4.82. The fraction of sp³-hybridized carbons (Fsp3) is 0. The minimum Gasteiger partial charge on any atom is -0.309 e. The van der Waals surface area contributed by atoms with Gasteiger partial charge in [-0.15, -0.1) is 0 Å². The molecule has 0 bridgehead atoms. The second-order valence-corrected chi connectivity index (χ2v) is 15.3. The Morgan fingerprint density at radius 1 is 0.271 bits per heavy atom. The van der Waals surface area contributed by atoms with Gasteiger partial charge >= 0.3 is 0 Å². The van der Waals surface area contributed by atoms with Crippen LogP contribution in [0, 0.1) is 0 Å². The van der Waals surface area contributed by atoms with E-state index in [2.05, 4.69) is 205 Å². The fourth-order valence-corrected chi connectivity index (χ4v) is 9.37. The molecule has 3 heteroatoms. The van der Waals surface area contributed by atoms with Crippen LogP contribution in [0.3, 0.4) is 0 Å². The van der Waals surface area contributed by atoms with Gasteiger partial charge in [0, 0.05) is 39.6 Å². The van der Waals surface area contributed by atoms with Crippen LogP contribution in [-0.4, -0.2) is 14.5 Å². The molecule has 0 N–H and O–H groups in total. The van der Waals surface area contributed by atoms with Gasteiger partial charge in [0.05, 0.1) is 22.1 Å². The summed E-state index contributed by atoms with van der Waals surface area (Å²) >= 11 is 0. The molecular weight excluding hydrogens is 715 g/mol. The summed E-state index contributed by atoms with van der Waals surface area (Å²) < 4.78 is 2.37. The number of benzene rings is 10. The molecule has 0 spiro atoms. The zero-order valence-electron chi connectivity index (χ0n) is 32.0. The molecule has 2 aromatic heterocycles. The summed E-state index contributed by atoms with van der Waals surface area (Å²) in [4.78, 5) is 9.58. The summed E-state index contributed by atoms with van der Waals surface area (Å²) in [5.74, 6) is 0. The molecule has 0 radical (unpaired) electrons. The van der Waals surface area contributed by atoms with E-state index in [0.717, 1.165) is 27.4 Å². The number of nitrogens with zero attached hydrogens (tertiary/aromatic N) is 3. The fourth-order valence-electron chi connectivity index (χ4n) is 9.37. The Balaban J connectivity index is 0.939. The second kappa shape index (κ2) is 13.4. The van der Waals surface area contributed by atoms with Crippen molar-refractivity contribution in [3.8, 4) is 50.2 Å². The van der Waals surface area contributed by atoms with Crippen LogP contribution >= 0.6 is 0 Å². The van der Waals surface area contributed by atoms with Crippen molar-refractivity contribution in [2.24, 2.45) is 0 Å². The van der Waals surface area contributed by atoms with Crippen molar-refractivity contribution in [3.05, 3.63) is 213 Å². The molecule has 59 heavy (non-hydrogen) atoms. The van der Waals surface area contributed by atoms with E-state index in [9.17, 15) is 0 Å². The predicted octanol–water partition coefficient (Wildman–Crippen LogP) is 14.9. The van der Waals surface area contributed by atoms with Crippen molar-refractivity contribution in [3.63, 3.8) is 0 Å². The molecule has 0 atom stereocenters. The highest BCUT2D eigenvalue weighted by atomic mass is 15.0. The van der Waals surface area contributed by atoms with Crippen molar-refractivity contribution < 1.29 is 0 Å². The minimum atomic E-state index is 0.932. The van der Waals surface area contributed by atoms with Crippen LogP contribution < -0.4 is 0 Å². The highest BCUT2D eigenvalue weighted by molar-refractivity contribution is 6.23. The van der Waals surface area contributed by atoms with Gasteiger partial charge in [0.2, 0.25) is 0 Å². The zero-order chi connectivity index (χ0) is 38.9. The Morgan fingerprint density at radius 2 is 0.746 bits per heavy atom. The number of rotatable bonds is 5. The molecule has 10 aromatic carbocycles. The number of hydrogen-bond donors (Lipinski definition) is 0. The van der Waals surface area contributed by atoms with Gasteiger partial charge < -0.3 is 4.57 Å². The van der Waals surface area contributed by atoms with Gasteiger partial charge in [-0.25, -0.2) is 0 Å². The van der Waals surface area contributed by atoms with E-state index < -0.39 is 0 Å². The Labute approximate surface area is 341 Å². The van der Waals surface area contributed by atoms with Crippen molar-refractivity contribution in [2.75, 3.05) is 0 Å². The van der Waals surface area contributed by atoms with Crippen LogP contribution in [0.15, 0.2) is 213 Å². The number of para-hydroxylation sites is 2. The summed E-state index contributed by atoms with van der Waals surface area (Å²) in [6.07, 6.45) is 3.58. The Bertz CT molecular complexity index is 3580. The molecule has 274 valence electrons. The van der Waals surface area contributed by atoms with E-state index in [1.165, 1.54) is 88.0 Å². The molecule has 0 aliphatic rings. The third-order valence-electron chi connectivity index (χ3n) is 12.1. The second-order valence-electron chi connectivity index (χ2n) is 15.3. The third kappa shape index (κ3) is 5.36. The lowest BCUT2D eigenvalue weighted by Crippen LogP contribution is -1.92. The topological polar surface area (TPSA) is 30.7 Å². The summed E-state index contributed by atoms with van der Waals surface area (Å²) in [5.41, 5.74) is 15.0. The van der Waals surface area contributed by atoms with Crippen LogP contribution in [-0.2, 0) is 0 Å². The maximum Gasteiger partial charge on any atom is 0.0971 e. The monoisotopic (exact) mass is 749 g/mol. The van der Waals surface area contributed by atoms with Crippen molar-refractivity contribution in [1.29, 1.82) is 0 Å². The van der Waals surface area contributed by atoms with E-state index >= 15 is 0 Å². The Kier molecular flexibility index (Phi) is 7.54. The first kappa shape index (κ1) is 33.3. The first-order chi connectivity index (χ1) is 29.3. The summed E-state index contributed by atoms with van der Waals surface area (Å²) in [7, 11) is 0. The normalized spacial score (nSPS) is 11.7. The van der Waals surface area contributed by atoms with Crippen molar-refractivity contribution in [1.82, 2.24) is 14.5 Å². The van der Waals surface area contributed by atoms with Gasteiger partial charge in [0.15, 0.2) is 0 Å². The number of aromatic nitrogens is 3. The molecule has 0 amide bonds. The zero-order valence-corrected chi connectivity index (χ0v) is 32.0. The molecule has 0 aliphatic heterocycles. The third-order valence-corrected chi connectivity index (χ3v) is 12.1. The van der Waals surface area contributed by atoms with Gasteiger partial charge in [0.25, 0.3) is 0 Å². The molecule has 0 fully saturated rings. The van der Waals surface area contributed by atoms with Gasteiger partial charge in [0.1, 0.15) is 0 Å². The predicted molar refractivity (Wildman–Crippen MR) is 248 cm³/mol. The van der Waals surface area contributed by atoms with E-state index in [0.29, 0.717) is 0 Å².